The first kappa shape index (κ1) is 23.5. The second-order valence-corrected chi connectivity index (χ2v) is 13.1. The van der Waals surface area contributed by atoms with Crippen molar-refractivity contribution in [1.29, 1.82) is 0 Å². The van der Waals surface area contributed by atoms with E-state index in [2.05, 4.69) is 49.4 Å². The molecule has 0 saturated heterocycles. The number of halogens is 1. The van der Waals surface area contributed by atoms with Crippen molar-refractivity contribution in [3.63, 3.8) is 0 Å². The van der Waals surface area contributed by atoms with Gasteiger partial charge in [-0.25, -0.2) is 0 Å². The summed E-state index contributed by atoms with van der Waals surface area (Å²) in [4.78, 5) is 0. The summed E-state index contributed by atoms with van der Waals surface area (Å²) in [6.07, 6.45) is 14.2. The van der Waals surface area contributed by atoms with Crippen LogP contribution >= 0.6 is 22.6 Å². The van der Waals surface area contributed by atoms with Gasteiger partial charge in [-0.2, -0.15) is 0 Å². The minimum atomic E-state index is -0.129. The number of alkyl halides is 1. The van der Waals surface area contributed by atoms with Crippen molar-refractivity contribution in [2.45, 2.75) is 115 Å². The number of aliphatic hydroxyl groups is 2. The van der Waals surface area contributed by atoms with Gasteiger partial charge in [0.15, 0.2) is 0 Å². The Morgan fingerprint density at radius 3 is 2.40 bits per heavy atom. The molecule has 172 valence electrons. The molecule has 2 N–H and O–H groups in total. The number of hydrogen-bond acceptors (Lipinski definition) is 2. The summed E-state index contributed by atoms with van der Waals surface area (Å²) in [6.45, 7) is 11.4. The third kappa shape index (κ3) is 3.30. The third-order valence-corrected chi connectivity index (χ3v) is 13.0. The third-order valence-electron chi connectivity index (χ3n) is 10.7. The van der Waals surface area contributed by atoms with Crippen LogP contribution in [0.4, 0.5) is 0 Å². The lowest BCUT2D eigenvalue weighted by Gasteiger charge is -2.66. The molecule has 3 heteroatoms. The van der Waals surface area contributed by atoms with Crippen LogP contribution in [0.15, 0.2) is 11.6 Å². The Kier molecular flexibility index (Phi) is 6.52. The van der Waals surface area contributed by atoms with E-state index in [0.717, 1.165) is 19.3 Å². The topological polar surface area (TPSA) is 40.5 Å². The second kappa shape index (κ2) is 8.31. The van der Waals surface area contributed by atoms with Gasteiger partial charge in [0.25, 0.3) is 0 Å². The van der Waals surface area contributed by atoms with Crippen molar-refractivity contribution in [1.82, 2.24) is 0 Å². The first-order valence-electron chi connectivity index (χ1n) is 12.9. The Morgan fingerprint density at radius 1 is 0.967 bits per heavy atom. The van der Waals surface area contributed by atoms with E-state index >= 15 is 0 Å². The van der Waals surface area contributed by atoms with E-state index in [-0.39, 0.29) is 12.2 Å². The molecule has 0 amide bonds. The van der Waals surface area contributed by atoms with Gasteiger partial charge in [0.2, 0.25) is 0 Å². The van der Waals surface area contributed by atoms with Crippen LogP contribution in [-0.2, 0) is 0 Å². The molecule has 10 atom stereocenters. The Bertz CT molecular complexity index is 676. The zero-order chi connectivity index (χ0) is 21.9. The number of allylic oxidation sites excluding steroid dienone is 2. The Balaban J connectivity index is 0.00000106. The van der Waals surface area contributed by atoms with Crippen molar-refractivity contribution in [2.24, 2.45) is 39.9 Å². The number of rotatable bonds is 0. The fourth-order valence-corrected chi connectivity index (χ4v) is 10.4. The fourth-order valence-electron chi connectivity index (χ4n) is 9.12. The lowest BCUT2D eigenvalue weighted by Crippen LogP contribution is -2.60. The molecule has 0 aromatic carbocycles. The predicted molar refractivity (Wildman–Crippen MR) is 134 cm³/mol. The molecule has 0 aliphatic heterocycles. The normalized spacial score (nSPS) is 54.9. The predicted octanol–water partition coefficient (Wildman–Crippen LogP) is 6.92. The van der Waals surface area contributed by atoms with E-state index in [0.29, 0.717) is 43.8 Å². The van der Waals surface area contributed by atoms with E-state index in [9.17, 15) is 10.2 Å². The lowest BCUT2D eigenvalue weighted by molar-refractivity contribution is -0.166. The SMILES string of the molecule is CC.CC1C(O)CCC2(C)C1CCC13CC(O)CCC4(C)CCC1C(=CCC23)C4I. The zero-order valence-electron chi connectivity index (χ0n) is 20.0. The van der Waals surface area contributed by atoms with Crippen LogP contribution in [0, 0.1) is 39.9 Å². The highest BCUT2D eigenvalue weighted by atomic mass is 127. The first-order chi connectivity index (χ1) is 14.2. The van der Waals surface area contributed by atoms with Crippen LogP contribution in [0.1, 0.15) is 98.8 Å². The van der Waals surface area contributed by atoms with Gasteiger partial charge in [0, 0.05) is 3.92 Å². The molecular weight excluding hydrogens is 483 g/mol. The minimum Gasteiger partial charge on any atom is -0.393 e. The molecule has 5 fully saturated rings. The molecule has 6 aliphatic rings. The van der Waals surface area contributed by atoms with Crippen LogP contribution in [0.3, 0.4) is 0 Å². The van der Waals surface area contributed by atoms with E-state index in [1.54, 1.807) is 5.57 Å². The van der Waals surface area contributed by atoms with Gasteiger partial charge in [0.1, 0.15) is 0 Å². The molecule has 6 aliphatic carbocycles. The van der Waals surface area contributed by atoms with Gasteiger partial charge in [-0.1, -0.05) is 68.9 Å². The highest BCUT2D eigenvalue weighted by Crippen LogP contribution is 2.71. The molecule has 1 spiro atoms. The Morgan fingerprint density at radius 2 is 1.67 bits per heavy atom. The maximum atomic E-state index is 11.2. The number of fused-ring (bicyclic) bond motifs is 6. The minimum absolute atomic E-state index is 0.109. The van der Waals surface area contributed by atoms with Crippen molar-refractivity contribution in [2.75, 3.05) is 0 Å². The van der Waals surface area contributed by atoms with Gasteiger partial charge < -0.3 is 10.2 Å². The maximum Gasteiger partial charge on any atom is 0.0568 e. The van der Waals surface area contributed by atoms with Gasteiger partial charge in [-0.05, 0) is 104 Å². The summed E-state index contributed by atoms with van der Waals surface area (Å²) in [6, 6.07) is 0. The fraction of sp³-hybridized carbons (Fsp3) is 0.926. The van der Waals surface area contributed by atoms with E-state index in [4.69, 9.17) is 0 Å². The summed E-state index contributed by atoms with van der Waals surface area (Å²) in [5.74, 6) is 2.45. The van der Waals surface area contributed by atoms with E-state index in [1.165, 1.54) is 44.9 Å². The Hall–Kier alpha value is 0.390. The molecule has 0 aromatic heterocycles. The molecule has 6 rings (SSSR count). The summed E-state index contributed by atoms with van der Waals surface area (Å²) < 4.78 is 0.643. The van der Waals surface area contributed by atoms with Crippen LogP contribution < -0.4 is 0 Å². The Labute approximate surface area is 198 Å². The summed E-state index contributed by atoms with van der Waals surface area (Å²) in [7, 11) is 0. The molecule has 0 heterocycles. The second-order valence-electron chi connectivity index (χ2n) is 11.8. The highest BCUT2D eigenvalue weighted by Gasteiger charge is 2.64. The molecule has 0 aromatic rings. The van der Waals surface area contributed by atoms with Crippen LogP contribution in [0.5, 0.6) is 0 Å². The van der Waals surface area contributed by atoms with Crippen molar-refractivity contribution in [3.8, 4) is 0 Å². The molecule has 5 saturated carbocycles. The van der Waals surface area contributed by atoms with Crippen molar-refractivity contribution in [3.05, 3.63) is 11.6 Å². The van der Waals surface area contributed by atoms with Crippen LogP contribution in [0.25, 0.3) is 0 Å². The van der Waals surface area contributed by atoms with Crippen LogP contribution in [-0.4, -0.2) is 26.3 Å². The zero-order valence-corrected chi connectivity index (χ0v) is 22.1. The van der Waals surface area contributed by atoms with Crippen LogP contribution in [0.2, 0.25) is 0 Å². The van der Waals surface area contributed by atoms with E-state index in [1.807, 2.05) is 13.8 Å². The molecule has 0 radical (unpaired) electrons. The smallest absolute Gasteiger partial charge is 0.0568 e. The lowest BCUT2D eigenvalue weighted by atomic mass is 9.39. The summed E-state index contributed by atoms with van der Waals surface area (Å²) in [5.41, 5.74) is 2.75. The van der Waals surface area contributed by atoms with Gasteiger partial charge in [-0.15, -0.1) is 0 Å². The average molecular weight is 529 g/mol. The average Bonchev–Trinajstić information content (AvgIpc) is 2.79. The quantitative estimate of drug-likeness (QED) is 0.204. The molecule has 4 bridgehead atoms. The standard InChI is InChI=1S/C25H39IO2.C2H6/c1-15-18-8-13-25-14-16(27)6-10-23(2)11-7-19(25)17(22(23)26)4-5-21(25)24(18,3)12-9-20(15)28;1-2/h4,15-16,18-22,27-28H,5-14H2,1-3H3;1-2H3. The largest absolute Gasteiger partial charge is 0.393 e. The molecule has 10 unspecified atom stereocenters. The van der Waals surface area contributed by atoms with Gasteiger partial charge >= 0.3 is 0 Å². The first-order valence-corrected chi connectivity index (χ1v) is 14.2. The van der Waals surface area contributed by atoms with E-state index < -0.39 is 0 Å². The molecule has 2 nitrogen and oxygen atoms in total. The molecular formula is C27H45IO2. The number of hydrogen-bond donors (Lipinski definition) is 2. The van der Waals surface area contributed by atoms with Gasteiger partial charge in [0.05, 0.1) is 12.2 Å². The highest BCUT2D eigenvalue weighted by molar-refractivity contribution is 14.1. The van der Waals surface area contributed by atoms with Crippen molar-refractivity contribution >= 4 is 22.6 Å². The molecule has 30 heavy (non-hydrogen) atoms. The van der Waals surface area contributed by atoms with Crippen molar-refractivity contribution < 1.29 is 10.2 Å². The summed E-state index contributed by atoms with van der Waals surface area (Å²) in [5, 5.41) is 21.7. The monoisotopic (exact) mass is 528 g/mol. The maximum absolute atomic E-state index is 11.2. The summed E-state index contributed by atoms with van der Waals surface area (Å²) >= 11 is 2.76. The van der Waals surface area contributed by atoms with Gasteiger partial charge in [-0.3, -0.25) is 0 Å². The number of aliphatic hydroxyl groups excluding tert-OH is 2.